The number of nitrogens with zero attached hydrogens (tertiary/aromatic N) is 1. The van der Waals surface area contributed by atoms with E-state index in [2.05, 4.69) is 4.72 Å². The van der Waals surface area contributed by atoms with Crippen molar-refractivity contribution in [2.75, 3.05) is 27.3 Å². The van der Waals surface area contributed by atoms with Crippen LogP contribution in [0, 0.1) is 5.82 Å². The average molecular weight is 394 g/mol. The zero-order valence-corrected chi connectivity index (χ0v) is 16.1. The largest absolute Gasteiger partial charge is 0.496 e. The van der Waals surface area contributed by atoms with Crippen LogP contribution in [0.15, 0.2) is 48.5 Å². The van der Waals surface area contributed by atoms with Gasteiger partial charge >= 0.3 is 0 Å². The highest BCUT2D eigenvalue weighted by atomic mass is 32.2. The van der Waals surface area contributed by atoms with Gasteiger partial charge in [-0.2, -0.15) is 5.06 Å². The Morgan fingerprint density at radius 1 is 1.26 bits per heavy atom. The van der Waals surface area contributed by atoms with Gasteiger partial charge in [0.2, 0.25) is 10.0 Å². The predicted molar refractivity (Wildman–Crippen MR) is 100 cm³/mol. The van der Waals surface area contributed by atoms with Gasteiger partial charge < -0.3 is 4.74 Å². The number of benzene rings is 2. The molecule has 8 heteroatoms. The Bertz CT molecular complexity index is 891. The van der Waals surface area contributed by atoms with Crippen molar-refractivity contribution in [1.29, 1.82) is 0 Å². The van der Waals surface area contributed by atoms with E-state index in [9.17, 15) is 12.8 Å². The first kappa shape index (κ1) is 19.8. The second-order valence-electron chi connectivity index (χ2n) is 6.38. The number of hydrogen-bond acceptors (Lipinski definition) is 5. The van der Waals surface area contributed by atoms with Crippen LogP contribution in [0.1, 0.15) is 17.2 Å². The highest BCUT2D eigenvalue weighted by Crippen LogP contribution is 2.33. The summed E-state index contributed by atoms with van der Waals surface area (Å²) in [7, 11) is -0.438. The molecule has 2 aromatic rings. The zero-order chi connectivity index (χ0) is 19.4. The quantitative estimate of drug-likeness (QED) is 0.780. The van der Waals surface area contributed by atoms with Gasteiger partial charge in [-0.3, -0.25) is 4.84 Å². The monoisotopic (exact) mass is 394 g/mol. The van der Waals surface area contributed by atoms with Crippen LogP contribution in [0.4, 0.5) is 4.39 Å². The third kappa shape index (κ3) is 4.47. The van der Waals surface area contributed by atoms with Gasteiger partial charge in [-0.15, -0.1) is 0 Å². The molecular weight excluding hydrogens is 371 g/mol. The highest BCUT2D eigenvalue weighted by molar-refractivity contribution is 7.90. The fraction of sp³-hybridized carbons (Fsp3) is 0.368. The summed E-state index contributed by atoms with van der Waals surface area (Å²) in [6.07, 6.45) is 0.497. The van der Waals surface area contributed by atoms with Crippen molar-refractivity contribution in [2.45, 2.75) is 17.7 Å². The molecular formula is C19H23FN2O4S. The molecule has 1 aliphatic heterocycles. The summed E-state index contributed by atoms with van der Waals surface area (Å²) in [6, 6.07) is 12.8. The van der Waals surface area contributed by atoms with Gasteiger partial charge in [0.05, 0.1) is 19.8 Å². The lowest BCUT2D eigenvalue weighted by Gasteiger charge is -2.23. The molecule has 2 aromatic carbocycles. The van der Waals surface area contributed by atoms with Gasteiger partial charge in [-0.05, 0) is 35.7 Å². The number of hydrogen-bond donors (Lipinski definition) is 1. The van der Waals surface area contributed by atoms with Gasteiger partial charge in [0, 0.05) is 13.6 Å². The molecule has 1 heterocycles. The number of halogens is 1. The molecule has 2 atom stereocenters. The predicted octanol–water partition coefficient (Wildman–Crippen LogP) is 2.28. The van der Waals surface area contributed by atoms with Crippen molar-refractivity contribution in [3.8, 4) is 5.75 Å². The van der Waals surface area contributed by atoms with Crippen molar-refractivity contribution >= 4 is 10.0 Å². The maximum absolute atomic E-state index is 13.6. The SMILES string of the molecule is COc1ccccc1CCNS(=O)(=O)[C@H]1CON(C)[C@H]1c1cccc(F)c1. The van der Waals surface area contributed by atoms with Gasteiger partial charge in [-0.25, -0.2) is 17.5 Å². The third-order valence-electron chi connectivity index (χ3n) is 4.67. The topological polar surface area (TPSA) is 67.9 Å². The molecule has 0 aliphatic carbocycles. The summed E-state index contributed by atoms with van der Waals surface area (Å²) in [5.74, 6) is 0.311. The normalized spacial score (nSPS) is 20.7. The van der Waals surface area contributed by atoms with Crippen LogP contribution in [-0.4, -0.2) is 46.0 Å². The van der Waals surface area contributed by atoms with E-state index in [-0.39, 0.29) is 13.2 Å². The third-order valence-corrected chi connectivity index (χ3v) is 6.46. The maximum atomic E-state index is 13.6. The molecule has 0 saturated carbocycles. The molecule has 6 nitrogen and oxygen atoms in total. The number of para-hydroxylation sites is 1. The fourth-order valence-electron chi connectivity index (χ4n) is 3.32. The molecule has 0 unspecified atom stereocenters. The van der Waals surface area contributed by atoms with Crippen LogP contribution in [0.2, 0.25) is 0 Å². The average Bonchev–Trinajstić information content (AvgIpc) is 3.04. The van der Waals surface area contributed by atoms with Crippen LogP contribution in [0.25, 0.3) is 0 Å². The summed E-state index contributed by atoms with van der Waals surface area (Å²) >= 11 is 0. The minimum atomic E-state index is -3.67. The van der Waals surface area contributed by atoms with Crippen LogP contribution < -0.4 is 9.46 Å². The number of hydroxylamine groups is 2. The first-order valence-corrected chi connectivity index (χ1v) is 10.2. The molecule has 3 rings (SSSR count). The molecule has 1 aliphatic rings. The standard InChI is InChI=1S/C19H23FN2O4S/c1-22-19(15-7-5-8-16(20)12-15)18(13-26-22)27(23,24)21-11-10-14-6-3-4-9-17(14)25-2/h3-9,12,18-19,21H,10-11,13H2,1-2H3/t18-,19-/m0/s1. The smallest absolute Gasteiger partial charge is 0.218 e. The summed E-state index contributed by atoms with van der Waals surface area (Å²) in [4.78, 5) is 5.43. The molecule has 0 aromatic heterocycles. The van der Waals surface area contributed by atoms with E-state index in [4.69, 9.17) is 9.57 Å². The van der Waals surface area contributed by atoms with Crippen LogP contribution >= 0.6 is 0 Å². The molecule has 0 spiro atoms. The molecule has 0 bridgehead atoms. The zero-order valence-electron chi connectivity index (χ0n) is 15.3. The first-order valence-electron chi connectivity index (χ1n) is 8.64. The molecule has 146 valence electrons. The van der Waals surface area contributed by atoms with Gasteiger partial charge in [0.1, 0.15) is 16.8 Å². The van der Waals surface area contributed by atoms with E-state index in [0.717, 1.165) is 11.3 Å². The van der Waals surface area contributed by atoms with E-state index in [0.29, 0.717) is 12.0 Å². The number of sulfonamides is 1. The highest BCUT2D eigenvalue weighted by Gasteiger charge is 2.43. The Morgan fingerprint density at radius 3 is 2.78 bits per heavy atom. The van der Waals surface area contributed by atoms with Crippen molar-refractivity contribution in [3.63, 3.8) is 0 Å². The molecule has 0 radical (unpaired) electrons. The Hall–Kier alpha value is -2.00. The maximum Gasteiger partial charge on any atom is 0.218 e. The number of ether oxygens (including phenoxy) is 1. The lowest BCUT2D eigenvalue weighted by atomic mass is 10.0. The Balaban J connectivity index is 1.71. The number of rotatable bonds is 7. The first-order chi connectivity index (χ1) is 12.9. The second-order valence-corrected chi connectivity index (χ2v) is 8.37. The van der Waals surface area contributed by atoms with E-state index in [1.54, 1.807) is 26.3 Å². The van der Waals surface area contributed by atoms with E-state index >= 15 is 0 Å². The summed E-state index contributed by atoms with van der Waals surface area (Å²) in [6.45, 7) is 0.250. The summed E-state index contributed by atoms with van der Waals surface area (Å²) in [5.41, 5.74) is 1.49. The molecule has 0 amide bonds. The fourth-order valence-corrected chi connectivity index (χ4v) is 4.82. The Morgan fingerprint density at radius 2 is 2.04 bits per heavy atom. The minimum absolute atomic E-state index is 0.0155. The van der Waals surface area contributed by atoms with E-state index < -0.39 is 27.1 Å². The second kappa shape index (κ2) is 8.35. The number of nitrogens with one attached hydrogen (secondary N) is 1. The summed E-state index contributed by atoms with van der Waals surface area (Å²) < 4.78 is 47.2. The van der Waals surface area contributed by atoms with Crippen molar-refractivity contribution in [2.24, 2.45) is 0 Å². The lowest BCUT2D eigenvalue weighted by Crippen LogP contribution is -2.40. The van der Waals surface area contributed by atoms with Crippen molar-refractivity contribution in [1.82, 2.24) is 9.79 Å². The minimum Gasteiger partial charge on any atom is -0.496 e. The number of methoxy groups -OCH3 is 1. The summed E-state index contributed by atoms with van der Waals surface area (Å²) in [5, 5.41) is 0.640. The Kier molecular flexibility index (Phi) is 6.11. The molecule has 27 heavy (non-hydrogen) atoms. The van der Waals surface area contributed by atoms with Crippen molar-refractivity contribution in [3.05, 3.63) is 65.5 Å². The van der Waals surface area contributed by atoms with E-state index in [1.165, 1.54) is 17.2 Å². The van der Waals surface area contributed by atoms with E-state index in [1.807, 2.05) is 24.3 Å². The Labute approximate surface area is 158 Å². The van der Waals surface area contributed by atoms with Gasteiger partial charge in [0.15, 0.2) is 0 Å². The van der Waals surface area contributed by atoms with Gasteiger partial charge in [0.25, 0.3) is 0 Å². The molecule has 1 fully saturated rings. The van der Waals surface area contributed by atoms with Crippen LogP contribution in [0.3, 0.4) is 0 Å². The van der Waals surface area contributed by atoms with Crippen molar-refractivity contribution < 1.29 is 22.4 Å². The van der Waals surface area contributed by atoms with Gasteiger partial charge in [-0.1, -0.05) is 30.3 Å². The molecule has 1 N–H and O–H groups in total. The van der Waals surface area contributed by atoms with Crippen LogP contribution in [-0.2, 0) is 21.3 Å². The van der Waals surface area contributed by atoms with Crippen LogP contribution in [0.5, 0.6) is 5.75 Å². The lowest BCUT2D eigenvalue weighted by molar-refractivity contribution is -0.110. The molecule has 1 saturated heterocycles.